The molecule has 19 heavy (non-hydrogen) atoms. The summed E-state index contributed by atoms with van der Waals surface area (Å²) in [5, 5.41) is 0. The summed E-state index contributed by atoms with van der Waals surface area (Å²) in [5.41, 5.74) is 11.1. The van der Waals surface area contributed by atoms with E-state index in [4.69, 9.17) is 5.73 Å². The number of hydrogen-bond donors (Lipinski definition) is 1. The Balaban J connectivity index is 2.20. The number of aryl methyl sites for hydroxylation is 2. The molecule has 1 aromatic rings. The largest absolute Gasteiger partial charge is 0.321 e. The van der Waals surface area contributed by atoms with Crippen LogP contribution in [-0.2, 0) is 5.54 Å². The second-order valence-electron chi connectivity index (χ2n) is 7.61. The number of benzene rings is 1. The Morgan fingerprint density at radius 1 is 1.11 bits per heavy atom. The van der Waals surface area contributed by atoms with Gasteiger partial charge in [0.05, 0.1) is 0 Å². The first-order valence-electron chi connectivity index (χ1n) is 7.59. The first-order chi connectivity index (χ1) is 8.72. The minimum Gasteiger partial charge on any atom is -0.321 e. The maximum Gasteiger partial charge on any atom is 0.0412 e. The fourth-order valence-corrected chi connectivity index (χ4v) is 3.54. The summed E-state index contributed by atoms with van der Waals surface area (Å²) in [5.74, 6) is 0.814. The van der Waals surface area contributed by atoms with Crippen LogP contribution in [0.15, 0.2) is 18.2 Å². The van der Waals surface area contributed by atoms with Crippen molar-refractivity contribution in [2.24, 2.45) is 17.1 Å². The average Bonchev–Trinajstić information content (AvgIpc) is 2.31. The van der Waals surface area contributed by atoms with Crippen LogP contribution in [0.2, 0.25) is 0 Å². The Morgan fingerprint density at radius 3 is 2.21 bits per heavy atom. The summed E-state index contributed by atoms with van der Waals surface area (Å²) in [7, 11) is 0. The normalized spacial score (nSPS) is 28.4. The molecule has 2 rings (SSSR count). The zero-order chi connectivity index (χ0) is 14.3. The van der Waals surface area contributed by atoms with E-state index in [1.807, 2.05) is 0 Å². The summed E-state index contributed by atoms with van der Waals surface area (Å²) in [4.78, 5) is 0. The summed E-state index contributed by atoms with van der Waals surface area (Å²) < 4.78 is 0. The van der Waals surface area contributed by atoms with E-state index in [0.717, 1.165) is 18.8 Å². The lowest BCUT2D eigenvalue weighted by molar-refractivity contribution is 0.133. The van der Waals surface area contributed by atoms with Crippen LogP contribution in [0.5, 0.6) is 0 Å². The summed E-state index contributed by atoms with van der Waals surface area (Å²) in [6.45, 7) is 11.4. The van der Waals surface area contributed by atoms with Gasteiger partial charge in [-0.1, -0.05) is 44.5 Å². The first kappa shape index (κ1) is 14.6. The summed E-state index contributed by atoms with van der Waals surface area (Å²) in [6, 6.07) is 6.70. The average molecular weight is 259 g/mol. The highest BCUT2D eigenvalue weighted by Gasteiger charge is 2.37. The third kappa shape index (κ3) is 3.02. The zero-order valence-corrected chi connectivity index (χ0v) is 13.2. The molecule has 1 saturated carbocycles. The maximum atomic E-state index is 6.76. The predicted octanol–water partition coefficient (Wildman–Crippen LogP) is 4.69. The van der Waals surface area contributed by atoms with Crippen molar-refractivity contribution in [3.05, 3.63) is 34.9 Å². The molecular formula is C18H29N. The van der Waals surface area contributed by atoms with Crippen molar-refractivity contribution in [2.75, 3.05) is 0 Å². The highest BCUT2D eigenvalue weighted by Crippen LogP contribution is 2.44. The van der Waals surface area contributed by atoms with Crippen molar-refractivity contribution < 1.29 is 0 Å². The number of rotatable bonds is 1. The molecule has 0 atom stereocenters. The molecule has 0 spiro atoms. The maximum absolute atomic E-state index is 6.76. The molecule has 1 aromatic carbocycles. The molecule has 0 radical (unpaired) electrons. The summed E-state index contributed by atoms with van der Waals surface area (Å²) in [6.07, 6.45) is 4.76. The van der Waals surface area contributed by atoms with Crippen LogP contribution in [0.4, 0.5) is 0 Å². The Hall–Kier alpha value is -0.820. The van der Waals surface area contributed by atoms with E-state index in [-0.39, 0.29) is 5.54 Å². The fourth-order valence-electron chi connectivity index (χ4n) is 3.54. The lowest BCUT2D eigenvalue weighted by Crippen LogP contribution is -2.43. The minimum absolute atomic E-state index is 0.0994. The van der Waals surface area contributed by atoms with Gasteiger partial charge in [-0.15, -0.1) is 0 Å². The van der Waals surface area contributed by atoms with Gasteiger partial charge < -0.3 is 5.73 Å². The van der Waals surface area contributed by atoms with E-state index in [1.165, 1.54) is 29.5 Å². The van der Waals surface area contributed by atoms with Crippen LogP contribution in [0.25, 0.3) is 0 Å². The Labute approximate surface area is 118 Å². The van der Waals surface area contributed by atoms with Gasteiger partial charge in [-0.2, -0.15) is 0 Å². The van der Waals surface area contributed by atoms with Gasteiger partial charge in [0, 0.05) is 5.54 Å². The summed E-state index contributed by atoms with van der Waals surface area (Å²) >= 11 is 0. The monoisotopic (exact) mass is 259 g/mol. The van der Waals surface area contributed by atoms with E-state index < -0.39 is 0 Å². The quantitative estimate of drug-likeness (QED) is 0.777. The van der Waals surface area contributed by atoms with Gasteiger partial charge in [-0.05, 0) is 62.0 Å². The van der Waals surface area contributed by atoms with Gasteiger partial charge in [-0.25, -0.2) is 0 Å². The van der Waals surface area contributed by atoms with Gasteiger partial charge in [0.25, 0.3) is 0 Å². The molecule has 2 N–H and O–H groups in total. The zero-order valence-electron chi connectivity index (χ0n) is 13.2. The van der Waals surface area contributed by atoms with Crippen molar-refractivity contribution >= 4 is 0 Å². The van der Waals surface area contributed by atoms with Crippen LogP contribution < -0.4 is 5.73 Å². The van der Waals surface area contributed by atoms with E-state index in [0.29, 0.717) is 5.41 Å². The molecular weight excluding hydrogens is 230 g/mol. The standard InChI is InChI=1S/C18H29N/c1-13-6-7-14(2)16(12-13)18(19)10-8-15(9-11-18)17(3,4)5/h6-7,12,15H,8-11,19H2,1-5H3. The van der Waals surface area contributed by atoms with Crippen LogP contribution >= 0.6 is 0 Å². The van der Waals surface area contributed by atoms with Crippen molar-refractivity contribution in [3.8, 4) is 0 Å². The molecule has 0 unspecified atom stereocenters. The number of nitrogens with two attached hydrogens (primary N) is 1. The third-order valence-electron chi connectivity index (χ3n) is 5.03. The second-order valence-corrected chi connectivity index (χ2v) is 7.61. The van der Waals surface area contributed by atoms with Crippen LogP contribution in [0.1, 0.15) is 63.1 Å². The van der Waals surface area contributed by atoms with Crippen LogP contribution in [0, 0.1) is 25.2 Å². The predicted molar refractivity (Wildman–Crippen MR) is 83.2 cm³/mol. The van der Waals surface area contributed by atoms with Crippen LogP contribution in [0.3, 0.4) is 0 Å². The molecule has 0 saturated heterocycles. The van der Waals surface area contributed by atoms with Gasteiger partial charge in [0.1, 0.15) is 0 Å². The van der Waals surface area contributed by atoms with Gasteiger partial charge in [0.2, 0.25) is 0 Å². The molecule has 106 valence electrons. The van der Waals surface area contributed by atoms with Crippen molar-refractivity contribution in [1.82, 2.24) is 0 Å². The van der Waals surface area contributed by atoms with E-state index >= 15 is 0 Å². The molecule has 0 heterocycles. The Bertz CT molecular complexity index is 445. The van der Waals surface area contributed by atoms with E-state index in [1.54, 1.807) is 0 Å². The molecule has 0 aromatic heterocycles. The van der Waals surface area contributed by atoms with Crippen molar-refractivity contribution in [3.63, 3.8) is 0 Å². The molecule has 1 nitrogen and oxygen atoms in total. The molecule has 0 bridgehead atoms. The highest BCUT2D eigenvalue weighted by atomic mass is 14.8. The van der Waals surface area contributed by atoms with Gasteiger partial charge >= 0.3 is 0 Å². The smallest absolute Gasteiger partial charge is 0.0412 e. The molecule has 0 amide bonds. The molecule has 1 aliphatic carbocycles. The van der Waals surface area contributed by atoms with Gasteiger partial charge in [0.15, 0.2) is 0 Å². The fraction of sp³-hybridized carbons (Fsp3) is 0.667. The SMILES string of the molecule is Cc1ccc(C)c(C2(N)CCC(C(C)(C)C)CC2)c1. The second kappa shape index (κ2) is 4.94. The van der Waals surface area contributed by atoms with Crippen molar-refractivity contribution in [1.29, 1.82) is 0 Å². The first-order valence-corrected chi connectivity index (χ1v) is 7.59. The van der Waals surface area contributed by atoms with E-state index in [9.17, 15) is 0 Å². The molecule has 0 aliphatic heterocycles. The Kier molecular flexibility index (Phi) is 3.79. The highest BCUT2D eigenvalue weighted by molar-refractivity contribution is 5.36. The van der Waals surface area contributed by atoms with Crippen molar-refractivity contribution in [2.45, 2.75) is 65.8 Å². The molecule has 1 aliphatic rings. The topological polar surface area (TPSA) is 26.0 Å². The van der Waals surface area contributed by atoms with Crippen LogP contribution in [-0.4, -0.2) is 0 Å². The molecule has 1 fully saturated rings. The van der Waals surface area contributed by atoms with E-state index in [2.05, 4.69) is 52.8 Å². The minimum atomic E-state index is -0.0994. The van der Waals surface area contributed by atoms with Gasteiger partial charge in [-0.3, -0.25) is 0 Å². The Morgan fingerprint density at radius 2 is 1.68 bits per heavy atom. The lowest BCUT2D eigenvalue weighted by atomic mass is 9.65. The lowest BCUT2D eigenvalue weighted by Gasteiger charge is -2.43. The molecule has 1 heteroatoms. The number of hydrogen-bond acceptors (Lipinski definition) is 1. The third-order valence-corrected chi connectivity index (χ3v) is 5.03.